The maximum Gasteiger partial charge on any atom is 0.0330 e. The molecule has 0 fully saturated rings. The summed E-state index contributed by atoms with van der Waals surface area (Å²) in [4.78, 5) is 0. The van der Waals surface area contributed by atoms with Crippen molar-refractivity contribution in [2.75, 3.05) is 0 Å². The quantitative estimate of drug-likeness (QED) is 0.332. The lowest BCUT2D eigenvalue weighted by atomic mass is 9.78. The second kappa shape index (κ2) is 6.93. The molecule has 3 aliphatic carbocycles. The molecule has 33 heavy (non-hydrogen) atoms. The van der Waals surface area contributed by atoms with E-state index in [9.17, 15) is 0 Å². The first-order valence-electron chi connectivity index (χ1n) is 12.1. The molecule has 158 valence electrons. The van der Waals surface area contributed by atoms with E-state index >= 15 is 0 Å². The fourth-order valence-electron chi connectivity index (χ4n) is 6.47. The summed E-state index contributed by atoms with van der Waals surface area (Å²) in [6.45, 7) is 4.66. The summed E-state index contributed by atoms with van der Waals surface area (Å²) in [6, 6.07) is 29.6. The molecule has 0 aliphatic heterocycles. The van der Waals surface area contributed by atoms with Crippen LogP contribution in [-0.2, 0) is 0 Å². The van der Waals surface area contributed by atoms with Gasteiger partial charge in [0.15, 0.2) is 0 Å². The van der Waals surface area contributed by atoms with E-state index < -0.39 is 0 Å². The van der Waals surface area contributed by atoms with Crippen molar-refractivity contribution in [3.8, 4) is 11.1 Å². The van der Waals surface area contributed by atoms with E-state index in [0.717, 1.165) is 0 Å². The van der Waals surface area contributed by atoms with Gasteiger partial charge in [-0.3, -0.25) is 0 Å². The molecule has 0 bridgehead atoms. The first-order valence-corrected chi connectivity index (χ1v) is 12.1. The Morgan fingerprint density at radius 2 is 1.58 bits per heavy atom. The number of allylic oxidation sites excluding steroid dienone is 4. The van der Waals surface area contributed by atoms with E-state index in [1.54, 1.807) is 5.57 Å². The van der Waals surface area contributed by atoms with Gasteiger partial charge in [0, 0.05) is 11.8 Å². The summed E-state index contributed by atoms with van der Waals surface area (Å²) in [5.41, 5.74) is 10.2. The standard InChI is InChI=1S/C33H26/c1-20(2)22-16-9-17-25-24-12-5-6-13-26(24)33(31(22)25)32-28-15-8-7-14-27(28)30-23-11-4-3-10-21(23)18-19-29(30)32/h3-20,26,32H,1-2H3. The van der Waals surface area contributed by atoms with Gasteiger partial charge in [-0.1, -0.05) is 117 Å². The van der Waals surface area contributed by atoms with E-state index in [2.05, 4.69) is 117 Å². The van der Waals surface area contributed by atoms with Crippen molar-refractivity contribution in [2.24, 2.45) is 5.92 Å². The zero-order valence-corrected chi connectivity index (χ0v) is 19.0. The SMILES string of the molecule is CC(C)c1cccc2c1=C(C1c3ccccc3-c3c1ccc1ccccc31)C1C=CC=CC=21. The van der Waals surface area contributed by atoms with E-state index in [-0.39, 0.29) is 5.92 Å². The third-order valence-electron chi connectivity index (χ3n) is 7.80. The van der Waals surface area contributed by atoms with Crippen molar-refractivity contribution >= 4 is 21.9 Å². The van der Waals surface area contributed by atoms with Crippen LogP contribution in [0.4, 0.5) is 0 Å². The number of hydrogen-bond donors (Lipinski definition) is 0. The molecule has 0 saturated carbocycles. The highest BCUT2D eigenvalue weighted by Crippen LogP contribution is 2.54. The molecule has 0 spiro atoms. The average Bonchev–Trinajstić information content (AvgIpc) is 3.36. The monoisotopic (exact) mass is 422 g/mol. The summed E-state index contributed by atoms with van der Waals surface area (Å²) < 4.78 is 0. The van der Waals surface area contributed by atoms with Crippen LogP contribution in [0.1, 0.15) is 42.4 Å². The van der Waals surface area contributed by atoms with E-state index in [4.69, 9.17) is 0 Å². The van der Waals surface area contributed by atoms with Crippen molar-refractivity contribution in [2.45, 2.75) is 25.7 Å². The molecular weight excluding hydrogens is 396 g/mol. The average molecular weight is 423 g/mol. The number of benzene rings is 4. The Hall–Kier alpha value is -3.64. The highest BCUT2D eigenvalue weighted by Gasteiger charge is 2.38. The second-order valence-electron chi connectivity index (χ2n) is 9.83. The van der Waals surface area contributed by atoms with Crippen LogP contribution in [0.25, 0.3) is 33.0 Å². The normalized spacial score (nSPS) is 19.7. The lowest BCUT2D eigenvalue weighted by molar-refractivity contribution is 0.851. The smallest absolute Gasteiger partial charge is 0.0330 e. The Bertz CT molecular complexity index is 1640. The maximum atomic E-state index is 2.41. The van der Waals surface area contributed by atoms with Crippen molar-refractivity contribution < 1.29 is 0 Å². The van der Waals surface area contributed by atoms with Crippen LogP contribution < -0.4 is 10.4 Å². The Labute approximate surface area is 194 Å². The van der Waals surface area contributed by atoms with Crippen LogP contribution >= 0.6 is 0 Å². The summed E-state index contributed by atoms with van der Waals surface area (Å²) >= 11 is 0. The van der Waals surface area contributed by atoms with Crippen LogP contribution in [0.15, 0.2) is 103 Å². The first kappa shape index (κ1) is 18.9. The molecule has 7 rings (SSSR count). The van der Waals surface area contributed by atoms with Gasteiger partial charge in [0.2, 0.25) is 0 Å². The molecule has 2 atom stereocenters. The third kappa shape index (κ3) is 2.52. The molecule has 2 unspecified atom stereocenters. The second-order valence-corrected chi connectivity index (χ2v) is 9.83. The molecule has 0 amide bonds. The molecule has 0 N–H and O–H groups in total. The molecule has 0 heterocycles. The van der Waals surface area contributed by atoms with Crippen LogP contribution in [0.2, 0.25) is 0 Å². The van der Waals surface area contributed by atoms with Crippen LogP contribution in [0, 0.1) is 5.92 Å². The maximum absolute atomic E-state index is 2.41. The molecule has 0 radical (unpaired) electrons. The van der Waals surface area contributed by atoms with Crippen molar-refractivity contribution in [1.82, 2.24) is 0 Å². The van der Waals surface area contributed by atoms with Gasteiger partial charge < -0.3 is 0 Å². The third-order valence-corrected chi connectivity index (χ3v) is 7.80. The van der Waals surface area contributed by atoms with Crippen LogP contribution in [0.5, 0.6) is 0 Å². The van der Waals surface area contributed by atoms with E-state index in [1.807, 2.05) is 0 Å². The van der Waals surface area contributed by atoms with Crippen LogP contribution in [0.3, 0.4) is 0 Å². The number of hydrogen-bond acceptors (Lipinski definition) is 0. The van der Waals surface area contributed by atoms with Gasteiger partial charge in [-0.2, -0.15) is 0 Å². The Kier molecular flexibility index (Phi) is 3.96. The molecule has 0 heteroatoms. The van der Waals surface area contributed by atoms with Gasteiger partial charge in [0.1, 0.15) is 0 Å². The van der Waals surface area contributed by atoms with Gasteiger partial charge in [0.25, 0.3) is 0 Å². The van der Waals surface area contributed by atoms with Gasteiger partial charge in [-0.15, -0.1) is 0 Å². The molecule has 0 saturated heterocycles. The number of fused-ring (bicyclic) bond motifs is 7. The predicted molar refractivity (Wildman–Crippen MR) is 140 cm³/mol. The Balaban J connectivity index is 1.64. The zero-order valence-electron chi connectivity index (χ0n) is 19.0. The summed E-state index contributed by atoms with van der Waals surface area (Å²) in [5, 5.41) is 5.60. The largest absolute Gasteiger partial charge is 0.0729 e. The molecular formula is C33H26. The predicted octanol–water partition coefficient (Wildman–Crippen LogP) is 6.83. The molecule has 3 aliphatic rings. The topological polar surface area (TPSA) is 0 Å². The minimum Gasteiger partial charge on any atom is -0.0729 e. The Morgan fingerprint density at radius 1 is 0.727 bits per heavy atom. The van der Waals surface area contributed by atoms with Gasteiger partial charge in [-0.25, -0.2) is 0 Å². The molecule has 0 aromatic heterocycles. The molecule has 4 aromatic carbocycles. The van der Waals surface area contributed by atoms with Crippen molar-refractivity contribution in [3.63, 3.8) is 0 Å². The number of rotatable bonds is 2. The first-order chi connectivity index (χ1) is 16.2. The van der Waals surface area contributed by atoms with E-state index in [1.165, 1.54) is 54.6 Å². The highest BCUT2D eigenvalue weighted by atomic mass is 14.4. The summed E-state index contributed by atoms with van der Waals surface area (Å²) in [5.74, 6) is 1.09. The lowest BCUT2D eigenvalue weighted by Crippen LogP contribution is -2.30. The zero-order chi connectivity index (χ0) is 22.1. The van der Waals surface area contributed by atoms with Gasteiger partial charge in [0.05, 0.1) is 0 Å². The highest BCUT2D eigenvalue weighted by molar-refractivity contribution is 6.04. The fraction of sp³-hybridized carbons (Fsp3) is 0.152. The van der Waals surface area contributed by atoms with Crippen LogP contribution in [-0.4, -0.2) is 0 Å². The molecule has 0 nitrogen and oxygen atoms in total. The van der Waals surface area contributed by atoms with Crippen molar-refractivity contribution in [1.29, 1.82) is 0 Å². The fourth-order valence-corrected chi connectivity index (χ4v) is 6.47. The molecule has 4 aromatic rings. The van der Waals surface area contributed by atoms with Gasteiger partial charge >= 0.3 is 0 Å². The lowest BCUT2D eigenvalue weighted by Gasteiger charge is -2.24. The summed E-state index contributed by atoms with van der Waals surface area (Å²) in [7, 11) is 0. The summed E-state index contributed by atoms with van der Waals surface area (Å²) in [6.07, 6.45) is 9.18. The minimum absolute atomic E-state index is 0.276. The Morgan fingerprint density at radius 3 is 2.48 bits per heavy atom. The minimum atomic E-state index is 0.276. The van der Waals surface area contributed by atoms with Crippen molar-refractivity contribution in [3.05, 3.63) is 130 Å². The van der Waals surface area contributed by atoms with Gasteiger partial charge in [-0.05, 0) is 66.1 Å². The van der Waals surface area contributed by atoms with E-state index in [0.29, 0.717) is 11.8 Å².